The van der Waals surface area contributed by atoms with Gasteiger partial charge in [0.15, 0.2) is 11.2 Å². The number of benzene rings is 1. The highest BCUT2D eigenvalue weighted by Crippen LogP contribution is 2.20. The van der Waals surface area contributed by atoms with Crippen LogP contribution in [0.15, 0.2) is 40.2 Å². The summed E-state index contributed by atoms with van der Waals surface area (Å²) in [7, 11) is 4.23. The summed E-state index contributed by atoms with van der Waals surface area (Å²) in [5.41, 5.74) is -0.408. The minimum atomic E-state index is -4.57. The van der Waals surface area contributed by atoms with Crippen LogP contribution in [0.3, 0.4) is 0 Å². The van der Waals surface area contributed by atoms with Crippen LogP contribution in [0.25, 0.3) is 11.2 Å². The van der Waals surface area contributed by atoms with E-state index in [-0.39, 0.29) is 30.7 Å². The van der Waals surface area contributed by atoms with Gasteiger partial charge in [0.05, 0.1) is 13.4 Å². The molecule has 0 atom stereocenters. The second-order valence-electron chi connectivity index (χ2n) is 7.28. The van der Waals surface area contributed by atoms with E-state index in [0.29, 0.717) is 11.3 Å². The van der Waals surface area contributed by atoms with Gasteiger partial charge >= 0.3 is 11.9 Å². The minimum Gasteiger partial charge on any atom is -0.497 e. The first kappa shape index (κ1) is 23.1. The highest BCUT2D eigenvalue weighted by atomic mass is 19.4. The van der Waals surface area contributed by atoms with Crippen LogP contribution >= 0.6 is 0 Å². The monoisotopic (exact) mass is 453 g/mol. The molecule has 0 saturated heterocycles. The van der Waals surface area contributed by atoms with E-state index in [2.05, 4.69) is 4.98 Å². The quantitative estimate of drug-likeness (QED) is 0.540. The largest absolute Gasteiger partial charge is 0.497 e. The molecule has 0 unspecified atom stereocenters. The molecule has 3 rings (SSSR count). The lowest BCUT2D eigenvalue weighted by Crippen LogP contribution is -2.39. The summed E-state index contributed by atoms with van der Waals surface area (Å²) in [6.45, 7) is -1.71. The van der Waals surface area contributed by atoms with E-state index in [1.54, 1.807) is 24.3 Å². The lowest BCUT2D eigenvalue weighted by atomic mass is 10.2. The third-order valence-corrected chi connectivity index (χ3v) is 5.04. The standard InChI is InChI=1S/C20H22F3N5O4/c1-25-17-16(18(30)26(2)19(25)31)27(12-24-17)9-8-15(29)28(11-20(21,22)23)10-13-4-6-14(32-3)7-5-13/h4-7,12H,8-11H2,1-3H3. The van der Waals surface area contributed by atoms with Crippen LogP contribution in [0.4, 0.5) is 13.2 Å². The molecule has 0 spiro atoms. The number of alkyl halides is 3. The van der Waals surface area contributed by atoms with Crippen molar-refractivity contribution in [2.24, 2.45) is 14.1 Å². The van der Waals surface area contributed by atoms with Crippen LogP contribution in [0, 0.1) is 0 Å². The van der Waals surface area contributed by atoms with Crippen LogP contribution < -0.4 is 16.0 Å². The second-order valence-corrected chi connectivity index (χ2v) is 7.28. The molecule has 0 aliphatic heterocycles. The van der Waals surface area contributed by atoms with Crippen LogP contribution in [0.1, 0.15) is 12.0 Å². The molecule has 2 heterocycles. The number of rotatable bonds is 7. The maximum Gasteiger partial charge on any atom is 0.406 e. The van der Waals surface area contributed by atoms with Gasteiger partial charge in [-0.1, -0.05) is 12.1 Å². The van der Waals surface area contributed by atoms with Crippen LogP contribution in [-0.4, -0.2) is 49.3 Å². The van der Waals surface area contributed by atoms with E-state index in [0.717, 1.165) is 9.47 Å². The Morgan fingerprint density at radius 3 is 2.38 bits per heavy atom. The number of hydrogen-bond donors (Lipinski definition) is 0. The third kappa shape index (κ3) is 4.84. The Labute approximate surface area is 180 Å². The zero-order valence-corrected chi connectivity index (χ0v) is 17.7. The fourth-order valence-electron chi connectivity index (χ4n) is 3.34. The fourth-order valence-corrected chi connectivity index (χ4v) is 3.34. The van der Waals surface area contributed by atoms with Gasteiger partial charge in [0, 0.05) is 33.6 Å². The number of nitrogens with zero attached hydrogens (tertiary/aromatic N) is 5. The van der Waals surface area contributed by atoms with Gasteiger partial charge in [0.1, 0.15) is 12.3 Å². The van der Waals surface area contributed by atoms with E-state index in [9.17, 15) is 27.6 Å². The maximum absolute atomic E-state index is 13.1. The van der Waals surface area contributed by atoms with Gasteiger partial charge in [-0.15, -0.1) is 0 Å². The van der Waals surface area contributed by atoms with Gasteiger partial charge in [-0.2, -0.15) is 13.2 Å². The molecule has 12 heteroatoms. The molecule has 1 aromatic carbocycles. The van der Waals surface area contributed by atoms with Gasteiger partial charge in [-0.05, 0) is 17.7 Å². The summed E-state index contributed by atoms with van der Waals surface area (Å²) in [5.74, 6) is -0.188. The summed E-state index contributed by atoms with van der Waals surface area (Å²) >= 11 is 0. The Morgan fingerprint density at radius 2 is 1.78 bits per heavy atom. The summed E-state index contributed by atoms with van der Waals surface area (Å²) in [5, 5.41) is 0. The molecule has 9 nitrogen and oxygen atoms in total. The average Bonchev–Trinajstić information content (AvgIpc) is 3.17. The molecule has 172 valence electrons. The molecule has 0 aliphatic carbocycles. The first-order valence-corrected chi connectivity index (χ1v) is 9.60. The van der Waals surface area contributed by atoms with Gasteiger partial charge in [0.25, 0.3) is 5.56 Å². The summed E-state index contributed by atoms with van der Waals surface area (Å²) in [6.07, 6.45) is -3.57. The van der Waals surface area contributed by atoms with Crippen LogP contribution in [0.5, 0.6) is 5.75 Å². The van der Waals surface area contributed by atoms with E-state index in [4.69, 9.17) is 4.74 Å². The van der Waals surface area contributed by atoms with Gasteiger partial charge in [-0.25, -0.2) is 9.78 Å². The highest BCUT2D eigenvalue weighted by molar-refractivity contribution is 5.76. The number of aromatic nitrogens is 4. The Morgan fingerprint density at radius 1 is 1.12 bits per heavy atom. The number of methoxy groups -OCH3 is 1. The van der Waals surface area contributed by atoms with Crippen molar-refractivity contribution in [2.75, 3.05) is 13.7 Å². The molecule has 0 fully saturated rings. The zero-order chi connectivity index (χ0) is 23.6. The molecule has 0 saturated carbocycles. The molecule has 1 amide bonds. The molecule has 3 aromatic rings. The average molecular weight is 453 g/mol. The summed E-state index contributed by atoms with van der Waals surface area (Å²) in [4.78, 5) is 41.9. The summed E-state index contributed by atoms with van der Waals surface area (Å²) in [6, 6.07) is 6.37. The normalized spacial score (nSPS) is 11.7. The number of halogens is 3. The Balaban J connectivity index is 1.82. The molecule has 0 bridgehead atoms. The lowest BCUT2D eigenvalue weighted by molar-refractivity contribution is -0.162. The number of carbonyl (C=O) groups is 1. The molecule has 0 N–H and O–H groups in total. The highest BCUT2D eigenvalue weighted by Gasteiger charge is 2.33. The SMILES string of the molecule is COc1ccc(CN(CC(F)(F)F)C(=O)CCn2cnc3c2c(=O)n(C)c(=O)n3C)cc1. The number of carbonyl (C=O) groups excluding carboxylic acids is 1. The Bertz CT molecular complexity index is 1240. The second kappa shape index (κ2) is 8.89. The van der Waals surface area contributed by atoms with Gasteiger partial charge in [0.2, 0.25) is 5.91 Å². The molecule has 32 heavy (non-hydrogen) atoms. The molecule has 0 aliphatic rings. The van der Waals surface area contributed by atoms with E-state index >= 15 is 0 Å². The third-order valence-electron chi connectivity index (χ3n) is 5.04. The first-order valence-electron chi connectivity index (χ1n) is 9.60. The van der Waals surface area contributed by atoms with Crippen molar-refractivity contribution in [1.82, 2.24) is 23.6 Å². The smallest absolute Gasteiger partial charge is 0.406 e. The van der Waals surface area contributed by atoms with Crippen molar-refractivity contribution in [3.63, 3.8) is 0 Å². The van der Waals surface area contributed by atoms with E-state index in [1.165, 1.54) is 36.7 Å². The van der Waals surface area contributed by atoms with Crippen molar-refractivity contribution in [2.45, 2.75) is 25.7 Å². The van der Waals surface area contributed by atoms with E-state index < -0.39 is 29.9 Å². The minimum absolute atomic E-state index is 0.0697. The van der Waals surface area contributed by atoms with E-state index in [1.807, 2.05) is 0 Å². The molecule has 0 radical (unpaired) electrons. The molecule has 2 aromatic heterocycles. The van der Waals surface area contributed by atoms with Crippen LogP contribution in [0.2, 0.25) is 0 Å². The fraction of sp³-hybridized carbons (Fsp3) is 0.400. The first-order chi connectivity index (χ1) is 15.0. The number of ether oxygens (including phenoxy) is 1. The zero-order valence-electron chi connectivity index (χ0n) is 17.7. The predicted octanol–water partition coefficient (Wildman–Crippen LogP) is 1.42. The number of fused-ring (bicyclic) bond motifs is 1. The van der Waals surface area contributed by atoms with Crippen molar-refractivity contribution in [1.29, 1.82) is 0 Å². The summed E-state index contributed by atoms with van der Waals surface area (Å²) < 4.78 is 47.7. The molecular weight excluding hydrogens is 431 g/mol. The molecular formula is C20H22F3N5O4. The maximum atomic E-state index is 13.1. The van der Waals surface area contributed by atoms with Crippen molar-refractivity contribution >= 4 is 17.1 Å². The predicted molar refractivity (Wildman–Crippen MR) is 109 cm³/mol. The number of amides is 1. The van der Waals surface area contributed by atoms with Crippen LogP contribution in [-0.2, 0) is 32.0 Å². The van der Waals surface area contributed by atoms with Gasteiger partial charge < -0.3 is 14.2 Å². The van der Waals surface area contributed by atoms with Crippen molar-refractivity contribution in [3.8, 4) is 5.75 Å². The lowest BCUT2D eigenvalue weighted by Gasteiger charge is -2.24. The number of hydrogen-bond acceptors (Lipinski definition) is 5. The van der Waals surface area contributed by atoms with Gasteiger partial charge in [-0.3, -0.25) is 18.7 Å². The number of aryl methyl sites for hydroxylation is 2. The van der Waals surface area contributed by atoms with Crippen molar-refractivity contribution < 1.29 is 22.7 Å². The van der Waals surface area contributed by atoms with Crippen molar-refractivity contribution in [3.05, 3.63) is 57.0 Å². The Hall–Kier alpha value is -3.57. The Kier molecular flexibility index (Phi) is 6.42. The topological polar surface area (TPSA) is 91.4 Å². The number of imidazole rings is 1.